The van der Waals surface area contributed by atoms with Crippen LogP contribution in [0.5, 0.6) is 11.5 Å². The number of halogens is 1. The maximum absolute atomic E-state index is 5.99. The van der Waals surface area contributed by atoms with Crippen molar-refractivity contribution < 1.29 is 9.47 Å². The van der Waals surface area contributed by atoms with Gasteiger partial charge in [-0.05, 0) is 17.7 Å². The van der Waals surface area contributed by atoms with Gasteiger partial charge in [-0.2, -0.15) is 0 Å². The minimum absolute atomic E-state index is 0.0306. The van der Waals surface area contributed by atoms with Gasteiger partial charge in [-0.3, -0.25) is 4.98 Å². The van der Waals surface area contributed by atoms with Gasteiger partial charge in [-0.25, -0.2) is 4.98 Å². The number of nitrogens with one attached hydrogen (secondary N) is 2. The number of benzene rings is 2. The molecule has 0 saturated carbocycles. The molecule has 0 aliphatic rings. The maximum atomic E-state index is 5.99. The number of ether oxygens (including phenoxy) is 2. The molecule has 0 amide bonds. The highest BCUT2D eigenvalue weighted by Gasteiger charge is 2.23. The second kappa shape index (κ2) is 8.41. The summed E-state index contributed by atoms with van der Waals surface area (Å²) in [5.74, 6) is 1.99. The average Bonchev–Trinajstić information content (AvgIpc) is 3.18. The Hall–Kier alpha value is -3.25. The third-order valence-corrected chi connectivity index (χ3v) is 5.08. The fourth-order valence-corrected chi connectivity index (χ4v) is 3.74. The Morgan fingerprint density at radius 2 is 1.90 bits per heavy atom. The minimum Gasteiger partial charge on any atom is -0.493 e. The standard InChI is InChI=1S/C22H21ClN4O2/c1-28-19-9-5-7-15(22(19)29-2)17(11-26-21-13-24-12-20(23)27-21)16-10-25-18-8-4-3-6-14(16)18/h3-10,12-13,17,25H,11H2,1-2H3,(H,26,27). The number of fused-ring (bicyclic) bond motifs is 1. The minimum atomic E-state index is -0.0306. The van der Waals surface area contributed by atoms with Crippen LogP contribution in [0.15, 0.2) is 61.1 Å². The zero-order valence-electron chi connectivity index (χ0n) is 16.1. The molecule has 6 nitrogen and oxygen atoms in total. The highest BCUT2D eigenvalue weighted by molar-refractivity contribution is 6.29. The van der Waals surface area contributed by atoms with E-state index in [1.54, 1.807) is 20.4 Å². The number of para-hydroxylation sites is 2. The van der Waals surface area contributed by atoms with Crippen LogP contribution in [0.2, 0.25) is 5.15 Å². The lowest BCUT2D eigenvalue weighted by Gasteiger charge is -2.22. The van der Waals surface area contributed by atoms with Crippen LogP contribution >= 0.6 is 11.6 Å². The van der Waals surface area contributed by atoms with E-state index in [2.05, 4.69) is 38.5 Å². The molecule has 1 unspecified atom stereocenters. The molecule has 0 saturated heterocycles. The van der Waals surface area contributed by atoms with Crippen molar-refractivity contribution in [2.75, 3.05) is 26.1 Å². The van der Waals surface area contributed by atoms with Gasteiger partial charge in [0, 0.05) is 35.1 Å². The Balaban J connectivity index is 1.79. The lowest BCUT2D eigenvalue weighted by atomic mass is 9.90. The molecule has 0 aliphatic carbocycles. The summed E-state index contributed by atoms with van der Waals surface area (Å²) < 4.78 is 11.2. The van der Waals surface area contributed by atoms with Crippen molar-refractivity contribution >= 4 is 28.3 Å². The molecule has 4 aromatic rings. The number of hydrogen-bond donors (Lipinski definition) is 2. The van der Waals surface area contributed by atoms with E-state index in [9.17, 15) is 0 Å². The van der Waals surface area contributed by atoms with Crippen molar-refractivity contribution in [3.63, 3.8) is 0 Å². The fourth-order valence-electron chi connectivity index (χ4n) is 3.59. The third-order valence-electron chi connectivity index (χ3n) is 4.90. The molecule has 0 bridgehead atoms. The molecule has 1 atom stereocenters. The van der Waals surface area contributed by atoms with Crippen LogP contribution in [0.25, 0.3) is 10.9 Å². The molecular weight excluding hydrogens is 388 g/mol. The van der Waals surface area contributed by atoms with Gasteiger partial charge in [0.2, 0.25) is 0 Å². The van der Waals surface area contributed by atoms with E-state index in [4.69, 9.17) is 21.1 Å². The van der Waals surface area contributed by atoms with E-state index in [1.165, 1.54) is 6.20 Å². The van der Waals surface area contributed by atoms with Gasteiger partial charge in [-0.1, -0.05) is 41.9 Å². The van der Waals surface area contributed by atoms with Crippen LogP contribution in [0.4, 0.5) is 5.82 Å². The summed E-state index contributed by atoms with van der Waals surface area (Å²) in [7, 11) is 3.30. The number of hydrogen-bond acceptors (Lipinski definition) is 5. The van der Waals surface area contributed by atoms with Gasteiger partial charge in [0.05, 0.1) is 26.6 Å². The number of H-pyrrole nitrogens is 1. The predicted octanol–water partition coefficient (Wildman–Crippen LogP) is 4.87. The predicted molar refractivity (Wildman–Crippen MR) is 115 cm³/mol. The molecule has 0 spiro atoms. The number of aromatic nitrogens is 3. The number of aromatic amines is 1. The van der Waals surface area contributed by atoms with Gasteiger partial charge in [0.15, 0.2) is 11.5 Å². The molecule has 2 aromatic heterocycles. The average molecular weight is 409 g/mol. The summed E-state index contributed by atoms with van der Waals surface area (Å²) in [5, 5.41) is 4.86. The fraction of sp³-hybridized carbons (Fsp3) is 0.182. The maximum Gasteiger partial charge on any atom is 0.164 e. The first kappa shape index (κ1) is 19.1. The summed E-state index contributed by atoms with van der Waals surface area (Å²) in [6.07, 6.45) is 5.20. The van der Waals surface area contributed by atoms with E-state index in [-0.39, 0.29) is 5.92 Å². The molecule has 2 aromatic carbocycles. The molecule has 0 aliphatic heterocycles. The van der Waals surface area contributed by atoms with Crippen molar-refractivity contribution in [2.45, 2.75) is 5.92 Å². The Labute approximate surface area is 173 Å². The molecule has 148 valence electrons. The highest BCUT2D eigenvalue weighted by atomic mass is 35.5. The SMILES string of the molecule is COc1cccc(C(CNc2cncc(Cl)n2)c2c[nH]c3ccccc23)c1OC. The van der Waals surface area contributed by atoms with E-state index in [1.807, 2.05) is 30.5 Å². The van der Waals surface area contributed by atoms with Crippen molar-refractivity contribution in [3.8, 4) is 11.5 Å². The van der Waals surface area contributed by atoms with Crippen LogP contribution in [0, 0.1) is 0 Å². The number of anilines is 1. The normalized spacial score (nSPS) is 12.0. The van der Waals surface area contributed by atoms with Crippen molar-refractivity contribution in [1.82, 2.24) is 15.0 Å². The van der Waals surface area contributed by atoms with E-state index < -0.39 is 0 Å². The molecule has 0 radical (unpaired) electrons. The Kier molecular flexibility index (Phi) is 5.53. The molecule has 29 heavy (non-hydrogen) atoms. The Morgan fingerprint density at radius 1 is 1.03 bits per heavy atom. The smallest absolute Gasteiger partial charge is 0.164 e. The molecule has 2 N–H and O–H groups in total. The summed E-state index contributed by atoms with van der Waals surface area (Å²) in [5.41, 5.74) is 3.24. The van der Waals surface area contributed by atoms with Gasteiger partial charge in [0.25, 0.3) is 0 Å². The zero-order valence-corrected chi connectivity index (χ0v) is 16.9. The quantitative estimate of drug-likeness (QED) is 0.456. The molecule has 4 rings (SSSR count). The van der Waals surface area contributed by atoms with Crippen LogP contribution in [0.1, 0.15) is 17.0 Å². The summed E-state index contributed by atoms with van der Waals surface area (Å²) >= 11 is 5.99. The lowest BCUT2D eigenvalue weighted by Crippen LogP contribution is -2.16. The van der Waals surface area contributed by atoms with Crippen LogP contribution in [-0.4, -0.2) is 35.7 Å². The lowest BCUT2D eigenvalue weighted by molar-refractivity contribution is 0.350. The molecule has 0 fully saturated rings. The van der Waals surface area contributed by atoms with Crippen molar-refractivity contribution in [1.29, 1.82) is 0 Å². The van der Waals surface area contributed by atoms with Gasteiger partial charge >= 0.3 is 0 Å². The van der Waals surface area contributed by atoms with E-state index in [0.29, 0.717) is 29.0 Å². The van der Waals surface area contributed by atoms with Crippen LogP contribution in [0.3, 0.4) is 0 Å². The number of rotatable bonds is 7. The molecular formula is C22H21ClN4O2. The number of methoxy groups -OCH3 is 2. The van der Waals surface area contributed by atoms with Gasteiger partial charge < -0.3 is 19.8 Å². The van der Waals surface area contributed by atoms with Crippen LogP contribution in [-0.2, 0) is 0 Å². The van der Waals surface area contributed by atoms with Crippen molar-refractivity contribution in [2.24, 2.45) is 0 Å². The first-order chi connectivity index (χ1) is 14.2. The Bertz CT molecular complexity index is 1130. The highest BCUT2D eigenvalue weighted by Crippen LogP contribution is 2.40. The summed E-state index contributed by atoms with van der Waals surface area (Å²) in [4.78, 5) is 11.8. The van der Waals surface area contributed by atoms with E-state index >= 15 is 0 Å². The summed E-state index contributed by atoms with van der Waals surface area (Å²) in [6, 6.07) is 14.1. The second-order valence-electron chi connectivity index (χ2n) is 6.53. The van der Waals surface area contributed by atoms with Crippen molar-refractivity contribution in [3.05, 3.63) is 77.3 Å². The first-order valence-electron chi connectivity index (χ1n) is 9.19. The second-order valence-corrected chi connectivity index (χ2v) is 6.92. The topological polar surface area (TPSA) is 72.1 Å². The monoisotopic (exact) mass is 408 g/mol. The molecule has 7 heteroatoms. The van der Waals surface area contributed by atoms with Gasteiger partial charge in [0.1, 0.15) is 11.0 Å². The Morgan fingerprint density at radius 3 is 2.69 bits per heavy atom. The first-order valence-corrected chi connectivity index (χ1v) is 9.57. The third kappa shape index (κ3) is 3.84. The summed E-state index contributed by atoms with van der Waals surface area (Å²) in [6.45, 7) is 0.570. The van der Waals surface area contributed by atoms with Crippen LogP contribution < -0.4 is 14.8 Å². The zero-order chi connectivity index (χ0) is 20.2. The number of nitrogens with zero attached hydrogens (tertiary/aromatic N) is 2. The van der Waals surface area contributed by atoms with E-state index in [0.717, 1.165) is 22.0 Å². The molecule has 2 heterocycles. The largest absolute Gasteiger partial charge is 0.493 e. The van der Waals surface area contributed by atoms with Gasteiger partial charge in [-0.15, -0.1) is 0 Å².